The molecule has 6 nitrogen and oxygen atoms in total. The Kier molecular flexibility index (Phi) is 6.28. The Morgan fingerprint density at radius 2 is 1.48 bits per heavy atom. The van der Waals surface area contributed by atoms with Crippen LogP contribution in [0.3, 0.4) is 0 Å². The lowest BCUT2D eigenvalue weighted by Gasteiger charge is -2.07. The third kappa shape index (κ3) is 5.46. The van der Waals surface area contributed by atoms with Gasteiger partial charge in [0.05, 0.1) is 5.56 Å². The number of aryl methyl sites for hydroxylation is 1. The van der Waals surface area contributed by atoms with Gasteiger partial charge in [-0.3, -0.25) is 9.59 Å². The van der Waals surface area contributed by atoms with E-state index in [0.717, 1.165) is 12.0 Å². The third-order valence-electron chi connectivity index (χ3n) is 3.49. The van der Waals surface area contributed by atoms with Crippen LogP contribution in [0.5, 0.6) is 5.75 Å². The lowest BCUT2D eigenvalue weighted by molar-refractivity contribution is -0.119. The summed E-state index contributed by atoms with van der Waals surface area (Å²) in [5, 5.41) is 0. The standard InChI is InChI=1S/C19H19NO5/c1-2-13-3-5-14(6-4-13)17(21)11-25-19(23)15-7-9-16(10-8-15)24-12-18(20)22/h3-10H,2,11-12H2,1H3,(H2,20,22). The Morgan fingerprint density at radius 1 is 0.880 bits per heavy atom. The molecule has 0 aliphatic rings. The summed E-state index contributed by atoms with van der Waals surface area (Å²) in [5.41, 5.74) is 6.89. The van der Waals surface area contributed by atoms with E-state index >= 15 is 0 Å². The summed E-state index contributed by atoms with van der Waals surface area (Å²) >= 11 is 0. The molecule has 1 amide bonds. The van der Waals surface area contributed by atoms with E-state index in [9.17, 15) is 14.4 Å². The summed E-state index contributed by atoms with van der Waals surface area (Å²) in [6, 6.07) is 13.2. The van der Waals surface area contributed by atoms with E-state index in [1.165, 1.54) is 24.3 Å². The molecule has 6 heteroatoms. The predicted molar refractivity (Wildman–Crippen MR) is 91.6 cm³/mol. The second-order valence-corrected chi connectivity index (χ2v) is 5.33. The van der Waals surface area contributed by atoms with Crippen LogP contribution in [0, 0.1) is 0 Å². The number of primary amides is 1. The Morgan fingerprint density at radius 3 is 2.04 bits per heavy atom. The minimum absolute atomic E-state index is 0.241. The maximum atomic E-state index is 12.0. The van der Waals surface area contributed by atoms with Crippen LogP contribution >= 0.6 is 0 Å². The number of carbonyl (C=O) groups excluding carboxylic acids is 3. The van der Waals surface area contributed by atoms with Gasteiger partial charge in [-0.1, -0.05) is 31.2 Å². The molecule has 0 atom stereocenters. The highest BCUT2D eigenvalue weighted by Crippen LogP contribution is 2.13. The molecule has 0 spiro atoms. The van der Waals surface area contributed by atoms with Crippen molar-refractivity contribution in [2.75, 3.05) is 13.2 Å². The molecule has 0 bridgehead atoms. The number of hydrogen-bond donors (Lipinski definition) is 1. The van der Waals surface area contributed by atoms with E-state index in [1.54, 1.807) is 12.1 Å². The van der Waals surface area contributed by atoms with Crippen LogP contribution < -0.4 is 10.5 Å². The monoisotopic (exact) mass is 341 g/mol. The average molecular weight is 341 g/mol. The van der Waals surface area contributed by atoms with E-state index < -0.39 is 11.9 Å². The number of ketones is 1. The highest BCUT2D eigenvalue weighted by atomic mass is 16.5. The van der Waals surface area contributed by atoms with E-state index in [1.807, 2.05) is 19.1 Å². The van der Waals surface area contributed by atoms with Gasteiger partial charge in [0.25, 0.3) is 5.91 Å². The van der Waals surface area contributed by atoms with Crippen molar-refractivity contribution in [2.24, 2.45) is 5.73 Å². The van der Waals surface area contributed by atoms with Crippen molar-refractivity contribution in [1.29, 1.82) is 0 Å². The van der Waals surface area contributed by atoms with E-state index in [4.69, 9.17) is 15.2 Å². The minimum atomic E-state index is -0.611. The number of benzene rings is 2. The van der Waals surface area contributed by atoms with Crippen molar-refractivity contribution in [3.8, 4) is 5.75 Å². The number of carbonyl (C=O) groups is 3. The van der Waals surface area contributed by atoms with Gasteiger partial charge in [0.1, 0.15) is 5.75 Å². The first kappa shape index (κ1) is 18.2. The Labute approximate surface area is 145 Å². The summed E-state index contributed by atoms with van der Waals surface area (Å²) in [4.78, 5) is 34.7. The smallest absolute Gasteiger partial charge is 0.338 e. The fourth-order valence-corrected chi connectivity index (χ4v) is 2.07. The molecule has 0 saturated heterocycles. The third-order valence-corrected chi connectivity index (χ3v) is 3.49. The zero-order valence-corrected chi connectivity index (χ0v) is 13.9. The summed E-state index contributed by atoms with van der Waals surface area (Å²) in [6.07, 6.45) is 0.891. The maximum Gasteiger partial charge on any atom is 0.338 e. The Hall–Kier alpha value is -3.15. The average Bonchev–Trinajstić information content (AvgIpc) is 2.64. The van der Waals surface area contributed by atoms with Gasteiger partial charge in [-0.05, 0) is 36.2 Å². The number of Topliss-reactive ketones (excluding diaryl/α,β-unsaturated/α-hetero) is 1. The van der Waals surface area contributed by atoms with Crippen LogP contribution in [0.15, 0.2) is 48.5 Å². The number of hydrogen-bond acceptors (Lipinski definition) is 5. The van der Waals surface area contributed by atoms with Crippen LogP contribution in [-0.2, 0) is 16.0 Å². The molecule has 0 fully saturated rings. The van der Waals surface area contributed by atoms with Crippen molar-refractivity contribution in [3.63, 3.8) is 0 Å². The second-order valence-electron chi connectivity index (χ2n) is 5.33. The van der Waals surface area contributed by atoms with E-state index in [2.05, 4.69) is 0 Å². The van der Waals surface area contributed by atoms with E-state index in [0.29, 0.717) is 11.3 Å². The molecule has 25 heavy (non-hydrogen) atoms. The highest BCUT2D eigenvalue weighted by Gasteiger charge is 2.12. The number of nitrogens with two attached hydrogens (primary N) is 1. The molecule has 0 aliphatic carbocycles. The predicted octanol–water partition coefficient (Wildman–Crippen LogP) is 2.15. The second kappa shape index (κ2) is 8.63. The summed E-state index contributed by atoms with van der Waals surface area (Å²) in [7, 11) is 0. The topological polar surface area (TPSA) is 95.7 Å². The first-order valence-electron chi connectivity index (χ1n) is 7.80. The summed E-state index contributed by atoms with van der Waals surface area (Å²) < 4.78 is 10.1. The number of ether oxygens (including phenoxy) is 2. The van der Waals surface area contributed by atoms with Crippen molar-refractivity contribution >= 4 is 17.7 Å². The minimum Gasteiger partial charge on any atom is -0.484 e. The normalized spacial score (nSPS) is 10.1. The molecular formula is C19H19NO5. The molecule has 0 aliphatic heterocycles. The molecular weight excluding hydrogens is 322 g/mol. The first-order valence-corrected chi connectivity index (χ1v) is 7.80. The van der Waals surface area contributed by atoms with Gasteiger partial charge < -0.3 is 15.2 Å². The van der Waals surface area contributed by atoms with Gasteiger partial charge in [0, 0.05) is 5.56 Å². The van der Waals surface area contributed by atoms with Gasteiger partial charge in [-0.15, -0.1) is 0 Å². The Bertz CT molecular complexity index is 750. The molecule has 130 valence electrons. The van der Waals surface area contributed by atoms with Crippen LogP contribution in [0.25, 0.3) is 0 Å². The number of esters is 1. The van der Waals surface area contributed by atoms with Gasteiger partial charge in [0.2, 0.25) is 0 Å². The van der Waals surface area contributed by atoms with Crippen LogP contribution in [0.2, 0.25) is 0 Å². The molecule has 0 heterocycles. The summed E-state index contributed by atoms with van der Waals surface area (Å²) in [5.74, 6) is -1.06. The fourth-order valence-electron chi connectivity index (χ4n) is 2.07. The molecule has 0 radical (unpaired) electrons. The van der Waals surface area contributed by atoms with E-state index in [-0.39, 0.29) is 24.6 Å². The lowest BCUT2D eigenvalue weighted by atomic mass is 10.1. The summed E-state index contributed by atoms with van der Waals surface area (Å²) in [6.45, 7) is 1.46. The highest BCUT2D eigenvalue weighted by molar-refractivity contribution is 5.99. The molecule has 2 aromatic carbocycles. The van der Waals surface area contributed by atoms with Gasteiger partial charge in [-0.25, -0.2) is 4.79 Å². The molecule has 0 unspecified atom stereocenters. The van der Waals surface area contributed by atoms with Crippen LogP contribution in [0.4, 0.5) is 0 Å². The van der Waals surface area contributed by atoms with Gasteiger partial charge in [0.15, 0.2) is 19.0 Å². The molecule has 2 aromatic rings. The number of amides is 1. The largest absolute Gasteiger partial charge is 0.484 e. The van der Waals surface area contributed by atoms with Crippen LogP contribution in [-0.4, -0.2) is 30.9 Å². The molecule has 0 aromatic heterocycles. The zero-order chi connectivity index (χ0) is 18.2. The quantitative estimate of drug-likeness (QED) is 0.586. The van der Waals surface area contributed by atoms with Crippen molar-refractivity contribution in [2.45, 2.75) is 13.3 Å². The Balaban J connectivity index is 1.88. The first-order chi connectivity index (χ1) is 12.0. The lowest BCUT2D eigenvalue weighted by Crippen LogP contribution is -2.20. The van der Waals surface area contributed by atoms with Gasteiger partial charge >= 0.3 is 5.97 Å². The van der Waals surface area contributed by atoms with Crippen molar-refractivity contribution in [3.05, 3.63) is 65.2 Å². The SMILES string of the molecule is CCc1ccc(C(=O)COC(=O)c2ccc(OCC(N)=O)cc2)cc1. The molecule has 2 N–H and O–H groups in total. The van der Waals surface area contributed by atoms with Gasteiger partial charge in [-0.2, -0.15) is 0 Å². The molecule has 2 rings (SSSR count). The van der Waals surface area contributed by atoms with Crippen LogP contribution in [0.1, 0.15) is 33.2 Å². The fraction of sp³-hybridized carbons (Fsp3) is 0.211. The zero-order valence-electron chi connectivity index (χ0n) is 13.9. The van der Waals surface area contributed by atoms with Crippen molar-refractivity contribution in [1.82, 2.24) is 0 Å². The number of rotatable bonds is 8. The maximum absolute atomic E-state index is 12.0. The van der Waals surface area contributed by atoms with Crippen molar-refractivity contribution < 1.29 is 23.9 Å². The molecule has 0 saturated carbocycles.